The van der Waals surface area contributed by atoms with Crippen LogP contribution in [-0.4, -0.2) is 30.8 Å². The standard InChI is InChI=1S/C22H31NO3S/c1-14-2-3-19(27-14)22(25,20(24)23-12-15-4-5-26-13-15)21-9-16-6-17(10-21)8-18(7-16)11-21/h2-3,15-18,25H,4-13H2,1H3,(H,23,24). The van der Waals surface area contributed by atoms with Crippen LogP contribution in [0.2, 0.25) is 0 Å². The van der Waals surface area contributed by atoms with Gasteiger partial charge in [-0.2, -0.15) is 0 Å². The molecule has 0 spiro atoms. The smallest absolute Gasteiger partial charge is 0.258 e. The Morgan fingerprint density at radius 2 is 1.93 bits per heavy atom. The molecular formula is C22H31NO3S. The SMILES string of the molecule is Cc1ccc(C(O)(C(=O)NCC2CCOC2)C23CC4CC(CC(C4)C2)C3)s1. The maximum Gasteiger partial charge on any atom is 0.258 e. The minimum Gasteiger partial charge on any atom is -0.381 e. The lowest BCUT2D eigenvalue weighted by molar-refractivity contribution is -0.193. The van der Waals surface area contributed by atoms with Crippen LogP contribution in [0.4, 0.5) is 0 Å². The lowest BCUT2D eigenvalue weighted by atomic mass is 9.45. The van der Waals surface area contributed by atoms with Gasteiger partial charge in [0.15, 0.2) is 5.60 Å². The first kappa shape index (κ1) is 18.1. The van der Waals surface area contributed by atoms with Gasteiger partial charge in [-0.3, -0.25) is 4.79 Å². The van der Waals surface area contributed by atoms with Crippen molar-refractivity contribution in [1.82, 2.24) is 5.32 Å². The maximum atomic E-state index is 13.6. The zero-order valence-electron chi connectivity index (χ0n) is 16.2. The highest BCUT2D eigenvalue weighted by atomic mass is 32.1. The van der Waals surface area contributed by atoms with Gasteiger partial charge in [0.1, 0.15) is 0 Å². The first-order valence-corrected chi connectivity index (χ1v) is 11.5. The average Bonchev–Trinajstić information content (AvgIpc) is 3.29. The molecule has 5 heteroatoms. The topological polar surface area (TPSA) is 58.6 Å². The van der Waals surface area contributed by atoms with E-state index in [1.54, 1.807) is 11.3 Å². The van der Waals surface area contributed by atoms with Crippen molar-refractivity contribution in [3.05, 3.63) is 21.9 Å². The molecular weight excluding hydrogens is 358 g/mol. The Kier molecular flexibility index (Phi) is 4.41. The molecule has 4 nitrogen and oxygen atoms in total. The van der Waals surface area contributed by atoms with E-state index in [0.29, 0.717) is 36.8 Å². The average molecular weight is 390 g/mol. The number of hydrogen-bond donors (Lipinski definition) is 2. The fourth-order valence-corrected chi connectivity index (χ4v) is 7.98. The van der Waals surface area contributed by atoms with E-state index in [-0.39, 0.29) is 11.3 Å². The number of carbonyl (C=O) groups excluding carboxylic acids is 1. The fourth-order valence-electron chi connectivity index (χ4n) is 6.91. The summed E-state index contributed by atoms with van der Waals surface area (Å²) in [5.41, 5.74) is -1.67. The molecule has 148 valence electrons. The summed E-state index contributed by atoms with van der Waals surface area (Å²) in [5.74, 6) is 2.29. The van der Waals surface area contributed by atoms with Crippen molar-refractivity contribution in [2.45, 2.75) is 57.5 Å². The van der Waals surface area contributed by atoms with Crippen molar-refractivity contribution in [3.8, 4) is 0 Å². The predicted molar refractivity (Wildman–Crippen MR) is 105 cm³/mol. The Morgan fingerprint density at radius 1 is 1.26 bits per heavy atom. The Labute approximate surface area is 165 Å². The number of aliphatic hydroxyl groups is 1. The fraction of sp³-hybridized carbons (Fsp3) is 0.773. The third kappa shape index (κ3) is 2.89. The Morgan fingerprint density at radius 3 is 2.44 bits per heavy atom. The Hall–Kier alpha value is -0.910. The van der Waals surface area contributed by atoms with E-state index in [1.807, 2.05) is 12.1 Å². The number of rotatable bonds is 5. The monoisotopic (exact) mass is 389 g/mol. The summed E-state index contributed by atoms with van der Waals surface area (Å²) in [6, 6.07) is 4.04. The summed E-state index contributed by atoms with van der Waals surface area (Å²) in [6.45, 7) is 4.16. The number of hydrogen-bond acceptors (Lipinski definition) is 4. The summed E-state index contributed by atoms with van der Waals surface area (Å²) in [6.07, 6.45) is 7.93. The number of ether oxygens (including phenoxy) is 1. The molecule has 1 saturated heterocycles. The Bertz CT molecular complexity index is 688. The molecule has 1 aliphatic heterocycles. The van der Waals surface area contributed by atoms with Gasteiger partial charge >= 0.3 is 0 Å². The van der Waals surface area contributed by atoms with Gasteiger partial charge in [-0.1, -0.05) is 0 Å². The lowest BCUT2D eigenvalue weighted by Crippen LogP contribution is -2.62. The number of amides is 1. The van der Waals surface area contributed by atoms with Crippen LogP contribution in [0.15, 0.2) is 12.1 Å². The van der Waals surface area contributed by atoms with Gasteiger partial charge in [-0.15, -0.1) is 11.3 Å². The van der Waals surface area contributed by atoms with E-state index in [1.165, 1.54) is 19.3 Å². The first-order valence-electron chi connectivity index (χ1n) is 10.6. The van der Waals surface area contributed by atoms with Crippen molar-refractivity contribution in [2.75, 3.05) is 19.8 Å². The van der Waals surface area contributed by atoms with Crippen molar-refractivity contribution in [3.63, 3.8) is 0 Å². The quantitative estimate of drug-likeness (QED) is 0.809. The predicted octanol–water partition coefficient (Wildman–Crippen LogP) is 3.61. The molecule has 2 unspecified atom stereocenters. The zero-order valence-corrected chi connectivity index (χ0v) is 17.0. The molecule has 6 rings (SSSR count). The minimum absolute atomic E-state index is 0.168. The van der Waals surface area contributed by atoms with E-state index in [0.717, 1.165) is 42.0 Å². The molecule has 5 fully saturated rings. The maximum absolute atomic E-state index is 13.6. The van der Waals surface area contributed by atoms with Gasteiger partial charge in [0.2, 0.25) is 0 Å². The van der Waals surface area contributed by atoms with Crippen molar-refractivity contribution in [1.29, 1.82) is 0 Å². The molecule has 1 aromatic heterocycles. The van der Waals surface area contributed by atoms with Crippen LogP contribution in [0.3, 0.4) is 0 Å². The molecule has 2 heterocycles. The first-order chi connectivity index (χ1) is 13.0. The van der Waals surface area contributed by atoms with E-state index in [9.17, 15) is 9.90 Å². The zero-order chi connectivity index (χ0) is 18.6. The van der Waals surface area contributed by atoms with Gasteiger partial charge in [-0.05, 0) is 81.8 Å². The molecule has 5 aliphatic rings. The second-order valence-electron chi connectivity index (χ2n) is 9.76. The van der Waals surface area contributed by atoms with Crippen LogP contribution in [0, 0.1) is 36.0 Å². The van der Waals surface area contributed by atoms with E-state index < -0.39 is 5.60 Å². The number of aryl methyl sites for hydroxylation is 1. The van der Waals surface area contributed by atoms with E-state index in [4.69, 9.17) is 4.74 Å². The summed E-state index contributed by atoms with van der Waals surface area (Å²) >= 11 is 1.59. The van der Waals surface area contributed by atoms with Crippen LogP contribution < -0.4 is 5.32 Å². The van der Waals surface area contributed by atoms with E-state index >= 15 is 0 Å². The van der Waals surface area contributed by atoms with Gasteiger partial charge < -0.3 is 15.2 Å². The van der Waals surface area contributed by atoms with Crippen LogP contribution in [0.1, 0.15) is 54.7 Å². The largest absolute Gasteiger partial charge is 0.381 e. The summed E-state index contributed by atoms with van der Waals surface area (Å²) in [5, 5.41) is 15.3. The van der Waals surface area contributed by atoms with Crippen LogP contribution in [0.5, 0.6) is 0 Å². The Balaban J connectivity index is 1.48. The van der Waals surface area contributed by atoms with Gasteiger partial charge in [0, 0.05) is 34.2 Å². The highest BCUT2D eigenvalue weighted by Crippen LogP contribution is 2.66. The molecule has 4 saturated carbocycles. The molecule has 0 aromatic carbocycles. The number of thiophene rings is 1. The molecule has 4 aliphatic carbocycles. The van der Waals surface area contributed by atoms with Gasteiger partial charge in [-0.25, -0.2) is 0 Å². The lowest BCUT2D eigenvalue weighted by Gasteiger charge is -2.61. The third-order valence-corrected chi connectivity index (χ3v) is 8.92. The summed E-state index contributed by atoms with van der Waals surface area (Å²) < 4.78 is 5.45. The highest BCUT2D eigenvalue weighted by molar-refractivity contribution is 7.12. The molecule has 2 atom stereocenters. The normalized spacial score (nSPS) is 39.5. The summed E-state index contributed by atoms with van der Waals surface area (Å²) in [7, 11) is 0. The highest BCUT2D eigenvalue weighted by Gasteiger charge is 2.64. The van der Waals surface area contributed by atoms with Crippen LogP contribution in [0.25, 0.3) is 0 Å². The molecule has 4 bridgehead atoms. The molecule has 1 aromatic rings. The van der Waals surface area contributed by atoms with Crippen LogP contribution in [-0.2, 0) is 15.1 Å². The summed E-state index contributed by atoms with van der Waals surface area (Å²) in [4.78, 5) is 15.6. The minimum atomic E-state index is -1.39. The second-order valence-corrected chi connectivity index (χ2v) is 11.0. The molecule has 2 N–H and O–H groups in total. The third-order valence-electron chi connectivity index (χ3n) is 7.81. The molecule has 1 amide bonds. The molecule has 0 radical (unpaired) electrons. The second kappa shape index (κ2) is 6.57. The number of carbonyl (C=O) groups is 1. The molecule has 27 heavy (non-hydrogen) atoms. The van der Waals surface area contributed by atoms with Crippen LogP contribution >= 0.6 is 11.3 Å². The van der Waals surface area contributed by atoms with Crippen molar-refractivity contribution < 1.29 is 14.6 Å². The van der Waals surface area contributed by atoms with Gasteiger partial charge in [0.25, 0.3) is 5.91 Å². The number of nitrogens with one attached hydrogen (secondary N) is 1. The van der Waals surface area contributed by atoms with Gasteiger partial charge in [0.05, 0.1) is 6.61 Å². The van der Waals surface area contributed by atoms with E-state index in [2.05, 4.69) is 12.2 Å². The van der Waals surface area contributed by atoms with Crippen molar-refractivity contribution >= 4 is 17.2 Å². The van der Waals surface area contributed by atoms with Crippen molar-refractivity contribution in [2.24, 2.45) is 29.1 Å².